The molecule has 1 N–H and O–H groups in total. The molecule has 7 heteroatoms. The molecule has 1 saturated carbocycles. The number of nitrogens with one attached hydrogen (secondary N) is 1. The lowest BCUT2D eigenvalue weighted by Crippen LogP contribution is -3.15. The molecule has 0 unspecified atom stereocenters. The van der Waals surface area contributed by atoms with Crippen LogP contribution in [-0.2, 0) is 14.8 Å². The number of piperazine rings is 1. The Bertz CT molecular complexity index is 778. The maximum Gasteiger partial charge on any atom is 0.278 e. The van der Waals surface area contributed by atoms with Gasteiger partial charge < -0.3 is 9.80 Å². The summed E-state index contributed by atoms with van der Waals surface area (Å²) in [7, 11) is -3.45. The summed E-state index contributed by atoms with van der Waals surface area (Å²) < 4.78 is 27.3. The van der Waals surface area contributed by atoms with Crippen molar-refractivity contribution in [2.24, 2.45) is 0 Å². The summed E-state index contributed by atoms with van der Waals surface area (Å²) in [6, 6.07) is 7.61. The van der Waals surface area contributed by atoms with Gasteiger partial charge >= 0.3 is 0 Å². The molecule has 1 amide bonds. The third kappa shape index (κ3) is 5.38. The number of amides is 1. The molecule has 1 aliphatic carbocycles. The largest absolute Gasteiger partial charge is 0.332 e. The SMILES string of the molecule is Cc1ccc(S(=O)(=O)N2CC[NH+](CC(=O)N(C(C)C)C3CCCCC3)CC2)cc1. The zero-order valence-electron chi connectivity index (χ0n) is 18.1. The van der Waals surface area contributed by atoms with E-state index in [1.807, 2.05) is 19.1 Å². The van der Waals surface area contributed by atoms with E-state index < -0.39 is 10.0 Å². The zero-order chi connectivity index (χ0) is 21.0. The van der Waals surface area contributed by atoms with Crippen molar-refractivity contribution in [3.8, 4) is 0 Å². The molecule has 3 rings (SSSR count). The van der Waals surface area contributed by atoms with Crippen LogP contribution in [0.15, 0.2) is 29.2 Å². The van der Waals surface area contributed by atoms with Crippen molar-refractivity contribution < 1.29 is 18.1 Å². The lowest BCUT2D eigenvalue weighted by molar-refractivity contribution is -0.896. The number of quaternary nitrogens is 1. The third-order valence-corrected chi connectivity index (χ3v) is 8.21. The van der Waals surface area contributed by atoms with Crippen LogP contribution in [0.5, 0.6) is 0 Å². The molecule has 0 aromatic heterocycles. The van der Waals surface area contributed by atoms with E-state index in [1.54, 1.807) is 16.4 Å². The number of hydrogen-bond acceptors (Lipinski definition) is 3. The minimum absolute atomic E-state index is 0.216. The van der Waals surface area contributed by atoms with Crippen LogP contribution in [0.4, 0.5) is 0 Å². The van der Waals surface area contributed by atoms with Gasteiger partial charge in [0.15, 0.2) is 6.54 Å². The predicted molar refractivity (Wildman–Crippen MR) is 114 cm³/mol. The summed E-state index contributed by atoms with van der Waals surface area (Å²) in [5.74, 6) is 0.219. The van der Waals surface area contributed by atoms with Gasteiger partial charge in [0.1, 0.15) is 0 Å². The van der Waals surface area contributed by atoms with Gasteiger partial charge in [0.05, 0.1) is 31.1 Å². The van der Waals surface area contributed by atoms with Gasteiger partial charge in [-0.2, -0.15) is 4.31 Å². The van der Waals surface area contributed by atoms with Crippen molar-refractivity contribution in [1.29, 1.82) is 0 Å². The van der Waals surface area contributed by atoms with Crippen molar-refractivity contribution in [2.45, 2.75) is 69.9 Å². The molecule has 2 fully saturated rings. The Morgan fingerprint density at radius 3 is 2.24 bits per heavy atom. The molecule has 1 heterocycles. The van der Waals surface area contributed by atoms with Crippen LogP contribution in [0.25, 0.3) is 0 Å². The van der Waals surface area contributed by atoms with E-state index in [4.69, 9.17) is 0 Å². The second-order valence-electron chi connectivity index (χ2n) is 8.83. The van der Waals surface area contributed by atoms with E-state index in [9.17, 15) is 13.2 Å². The van der Waals surface area contributed by atoms with Gasteiger partial charge in [-0.25, -0.2) is 8.42 Å². The molecule has 0 atom stereocenters. The summed E-state index contributed by atoms with van der Waals surface area (Å²) in [6.45, 7) is 8.90. The summed E-state index contributed by atoms with van der Waals surface area (Å²) in [5, 5.41) is 0. The van der Waals surface area contributed by atoms with E-state index in [1.165, 1.54) is 24.2 Å². The Balaban J connectivity index is 1.57. The van der Waals surface area contributed by atoms with E-state index in [0.29, 0.717) is 43.7 Å². The summed E-state index contributed by atoms with van der Waals surface area (Å²) >= 11 is 0. The second kappa shape index (κ2) is 9.58. The maximum absolute atomic E-state index is 13.1. The molecule has 1 saturated heterocycles. The topological polar surface area (TPSA) is 62.1 Å². The Hall–Kier alpha value is -1.44. The minimum atomic E-state index is -3.45. The molecule has 1 aromatic rings. The zero-order valence-corrected chi connectivity index (χ0v) is 18.9. The molecular formula is C22H36N3O3S+. The standard InChI is InChI=1S/C22H35N3O3S/c1-18(2)25(20-7-5-4-6-8-20)22(26)17-23-13-15-24(16-14-23)29(27,28)21-11-9-19(3)10-12-21/h9-12,18,20H,4-8,13-17H2,1-3H3/p+1. The summed E-state index contributed by atoms with van der Waals surface area (Å²) in [6.07, 6.45) is 5.93. The minimum Gasteiger partial charge on any atom is -0.332 e. The van der Waals surface area contributed by atoms with Gasteiger partial charge in [0, 0.05) is 12.1 Å². The van der Waals surface area contributed by atoms with Crippen molar-refractivity contribution in [3.63, 3.8) is 0 Å². The number of nitrogens with zero attached hydrogens (tertiary/aromatic N) is 2. The fourth-order valence-electron chi connectivity index (χ4n) is 4.66. The normalized spacial score (nSPS) is 20.1. The number of carbonyl (C=O) groups is 1. The first-order valence-electron chi connectivity index (χ1n) is 11.0. The first-order valence-corrected chi connectivity index (χ1v) is 12.4. The average Bonchev–Trinajstić information content (AvgIpc) is 2.69. The molecule has 1 aromatic carbocycles. The van der Waals surface area contributed by atoms with Crippen molar-refractivity contribution in [3.05, 3.63) is 29.8 Å². The highest BCUT2D eigenvalue weighted by molar-refractivity contribution is 7.89. The molecular weight excluding hydrogens is 386 g/mol. The molecule has 1 aliphatic heterocycles. The van der Waals surface area contributed by atoms with Crippen LogP contribution >= 0.6 is 0 Å². The number of sulfonamides is 1. The fourth-order valence-corrected chi connectivity index (χ4v) is 6.10. The maximum atomic E-state index is 13.1. The van der Waals surface area contributed by atoms with Gasteiger partial charge in [0.25, 0.3) is 5.91 Å². The first kappa shape index (κ1) is 22.2. The van der Waals surface area contributed by atoms with Gasteiger partial charge in [-0.15, -0.1) is 0 Å². The third-order valence-electron chi connectivity index (χ3n) is 6.30. The molecule has 0 spiro atoms. The van der Waals surface area contributed by atoms with Crippen LogP contribution in [0.3, 0.4) is 0 Å². The average molecular weight is 423 g/mol. The summed E-state index contributed by atoms with van der Waals surface area (Å²) in [5.41, 5.74) is 1.05. The lowest BCUT2D eigenvalue weighted by atomic mass is 9.93. The van der Waals surface area contributed by atoms with E-state index >= 15 is 0 Å². The molecule has 2 aliphatic rings. The van der Waals surface area contributed by atoms with Gasteiger partial charge in [-0.3, -0.25) is 4.79 Å². The highest BCUT2D eigenvalue weighted by Crippen LogP contribution is 2.24. The van der Waals surface area contributed by atoms with E-state index in [0.717, 1.165) is 18.4 Å². The van der Waals surface area contributed by atoms with Crippen LogP contribution in [0.1, 0.15) is 51.5 Å². The van der Waals surface area contributed by atoms with Gasteiger partial charge in [0.2, 0.25) is 10.0 Å². The number of benzene rings is 1. The number of rotatable bonds is 6. The molecule has 6 nitrogen and oxygen atoms in total. The van der Waals surface area contributed by atoms with Crippen LogP contribution in [0.2, 0.25) is 0 Å². The Morgan fingerprint density at radius 1 is 1.10 bits per heavy atom. The van der Waals surface area contributed by atoms with Crippen molar-refractivity contribution in [2.75, 3.05) is 32.7 Å². The molecule has 0 bridgehead atoms. The highest BCUT2D eigenvalue weighted by atomic mass is 32.2. The van der Waals surface area contributed by atoms with Crippen LogP contribution in [0, 0.1) is 6.92 Å². The van der Waals surface area contributed by atoms with Crippen LogP contribution < -0.4 is 4.90 Å². The number of aryl methyl sites for hydroxylation is 1. The summed E-state index contributed by atoms with van der Waals surface area (Å²) in [4.78, 5) is 16.7. The van der Waals surface area contributed by atoms with Gasteiger partial charge in [-0.1, -0.05) is 37.0 Å². The van der Waals surface area contributed by atoms with E-state index in [-0.39, 0.29) is 11.9 Å². The first-order chi connectivity index (χ1) is 13.8. The fraction of sp³-hybridized carbons (Fsp3) is 0.682. The predicted octanol–water partition coefficient (Wildman–Crippen LogP) is 1.45. The molecule has 0 radical (unpaired) electrons. The number of carbonyl (C=O) groups excluding carboxylic acids is 1. The smallest absolute Gasteiger partial charge is 0.278 e. The second-order valence-corrected chi connectivity index (χ2v) is 10.8. The molecule has 162 valence electrons. The highest BCUT2D eigenvalue weighted by Gasteiger charge is 2.34. The van der Waals surface area contributed by atoms with Crippen molar-refractivity contribution in [1.82, 2.24) is 9.21 Å². The van der Waals surface area contributed by atoms with Crippen LogP contribution in [-0.4, -0.2) is 68.3 Å². The Labute approximate surface area is 175 Å². The van der Waals surface area contributed by atoms with Gasteiger partial charge in [-0.05, 0) is 45.7 Å². The monoisotopic (exact) mass is 422 g/mol. The Morgan fingerprint density at radius 2 is 1.69 bits per heavy atom. The molecule has 29 heavy (non-hydrogen) atoms. The quantitative estimate of drug-likeness (QED) is 0.755. The van der Waals surface area contributed by atoms with E-state index in [2.05, 4.69) is 18.7 Å². The lowest BCUT2D eigenvalue weighted by Gasteiger charge is -2.38. The van der Waals surface area contributed by atoms with Crippen molar-refractivity contribution >= 4 is 15.9 Å². The number of hydrogen-bond donors (Lipinski definition) is 1. The Kier molecular flexibility index (Phi) is 7.35.